The molecule has 5 heteroatoms. The van der Waals surface area contributed by atoms with Gasteiger partial charge in [0.15, 0.2) is 0 Å². The number of nitrogens with zero attached hydrogens (tertiary/aromatic N) is 1. The Balaban J connectivity index is 2.67. The number of nitro benzene ring substituents is 1. The topological polar surface area (TPSA) is 72.2 Å². The Morgan fingerprint density at radius 1 is 1.29 bits per heavy atom. The maximum atomic E-state index is 12.2. The Labute approximate surface area is 125 Å². The van der Waals surface area contributed by atoms with Gasteiger partial charge < -0.3 is 5.32 Å². The summed E-state index contributed by atoms with van der Waals surface area (Å²) in [4.78, 5) is 22.7. The van der Waals surface area contributed by atoms with Crippen molar-refractivity contribution < 1.29 is 9.72 Å². The number of amides is 1. The van der Waals surface area contributed by atoms with E-state index in [0.717, 1.165) is 19.3 Å². The van der Waals surface area contributed by atoms with Crippen molar-refractivity contribution in [2.45, 2.75) is 53.0 Å². The van der Waals surface area contributed by atoms with E-state index in [1.165, 1.54) is 6.07 Å². The second-order valence-electron chi connectivity index (χ2n) is 5.91. The highest BCUT2D eigenvalue weighted by Gasteiger charge is 2.18. The number of carbonyl (C=O) groups is 1. The Morgan fingerprint density at radius 2 is 1.95 bits per heavy atom. The summed E-state index contributed by atoms with van der Waals surface area (Å²) in [6, 6.07) is 4.65. The lowest BCUT2D eigenvalue weighted by atomic mass is 10.0. The van der Waals surface area contributed by atoms with E-state index in [-0.39, 0.29) is 17.6 Å². The van der Waals surface area contributed by atoms with Crippen molar-refractivity contribution in [2.24, 2.45) is 5.92 Å². The second-order valence-corrected chi connectivity index (χ2v) is 5.91. The van der Waals surface area contributed by atoms with Crippen molar-refractivity contribution in [3.63, 3.8) is 0 Å². The van der Waals surface area contributed by atoms with Crippen LogP contribution in [-0.4, -0.2) is 16.9 Å². The first-order valence-electron chi connectivity index (χ1n) is 7.37. The molecule has 0 aromatic heterocycles. The van der Waals surface area contributed by atoms with Crippen LogP contribution in [0.25, 0.3) is 0 Å². The lowest BCUT2D eigenvalue weighted by molar-refractivity contribution is -0.385. The fourth-order valence-electron chi connectivity index (χ4n) is 2.27. The van der Waals surface area contributed by atoms with Gasteiger partial charge in [-0.25, -0.2) is 0 Å². The number of rotatable bonds is 7. The average Bonchev–Trinajstić information content (AvgIpc) is 2.37. The van der Waals surface area contributed by atoms with Crippen LogP contribution in [0.3, 0.4) is 0 Å². The summed E-state index contributed by atoms with van der Waals surface area (Å²) in [6.07, 6.45) is 3.11. The molecular formula is C16H24N2O3. The van der Waals surface area contributed by atoms with E-state index >= 15 is 0 Å². The summed E-state index contributed by atoms with van der Waals surface area (Å²) < 4.78 is 0. The molecule has 1 rings (SSSR count). The second kappa shape index (κ2) is 7.76. The van der Waals surface area contributed by atoms with Gasteiger partial charge in [0.05, 0.1) is 4.92 Å². The fourth-order valence-corrected chi connectivity index (χ4v) is 2.27. The summed E-state index contributed by atoms with van der Waals surface area (Å²) in [7, 11) is 0. The summed E-state index contributed by atoms with van der Waals surface area (Å²) >= 11 is 0. The van der Waals surface area contributed by atoms with E-state index in [4.69, 9.17) is 0 Å². The number of benzene rings is 1. The third kappa shape index (κ3) is 5.17. The van der Waals surface area contributed by atoms with Crippen molar-refractivity contribution in [2.75, 3.05) is 0 Å². The Hall–Kier alpha value is -1.91. The molecule has 5 nitrogen and oxygen atoms in total. The van der Waals surface area contributed by atoms with Crippen LogP contribution in [0.15, 0.2) is 18.2 Å². The van der Waals surface area contributed by atoms with E-state index < -0.39 is 4.92 Å². The van der Waals surface area contributed by atoms with Crippen molar-refractivity contribution in [1.82, 2.24) is 5.32 Å². The van der Waals surface area contributed by atoms with E-state index in [1.807, 2.05) is 6.92 Å². The van der Waals surface area contributed by atoms with Crippen LogP contribution in [0.2, 0.25) is 0 Å². The molecular weight excluding hydrogens is 268 g/mol. The largest absolute Gasteiger partial charge is 0.350 e. The van der Waals surface area contributed by atoms with Crippen LogP contribution >= 0.6 is 0 Å². The minimum absolute atomic E-state index is 0.0184. The van der Waals surface area contributed by atoms with E-state index in [0.29, 0.717) is 17.0 Å². The first kappa shape index (κ1) is 17.1. The molecule has 1 unspecified atom stereocenters. The molecule has 0 saturated carbocycles. The molecule has 1 amide bonds. The zero-order chi connectivity index (χ0) is 16.0. The van der Waals surface area contributed by atoms with Gasteiger partial charge in [0, 0.05) is 23.2 Å². The highest BCUT2D eigenvalue weighted by atomic mass is 16.6. The minimum Gasteiger partial charge on any atom is -0.350 e. The molecule has 1 aromatic rings. The SMILES string of the molecule is Cc1c(C(=O)NC(C)CCCC(C)C)cccc1[N+](=O)[O-]. The molecule has 0 radical (unpaired) electrons. The quantitative estimate of drug-likeness (QED) is 0.613. The van der Waals surface area contributed by atoms with Gasteiger partial charge in [-0.15, -0.1) is 0 Å². The number of nitrogens with one attached hydrogen (secondary N) is 1. The third-order valence-corrected chi connectivity index (χ3v) is 3.54. The van der Waals surface area contributed by atoms with Crippen molar-refractivity contribution in [1.29, 1.82) is 0 Å². The molecule has 1 N–H and O–H groups in total. The molecule has 116 valence electrons. The Morgan fingerprint density at radius 3 is 2.52 bits per heavy atom. The summed E-state index contributed by atoms with van der Waals surface area (Å²) in [6.45, 7) is 7.92. The van der Waals surface area contributed by atoms with Crippen LogP contribution in [-0.2, 0) is 0 Å². The molecule has 0 aliphatic rings. The van der Waals surface area contributed by atoms with Gasteiger partial charge in [0.2, 0.25) is 0 Å². The molecule has 1 atom stereocenters. The predicted octanol–water partition coefficient (Wildman–Crippen LogP) is 3.85. The number of hydrogen-bond donors (Lipinski definition) is 1. The zero-order valence-corrected chi connectivity index (χ0v) is 13.2. The molecule has 0 fully saturated rings. The number of carbonyl (C=O) groups excluding carboxylic acids is 1. The summed E-state index contributed by atoms with van der Waals surface area (Å²) in [5.41, 5.74) is 0.768. The first-order valence-corrected chi connectivity index (χ1v) is 7.37. The van der Waals surface area contributed by atoms with Crippen LogP contribution in [0.5, 0.6) is 0 Å². The molecule has 0 heterocycles. The van der Waals surface area contributed by atoms with Crippen LogP contribution < -0.4 is 5.32 Å². The zero-order valence-electron chi connectivity index (χ0n) is 13.2. The van der Waals surface area contributed by atoms with Gasteiger partial charge in [-0.05, 0) is 32.3 Å². The van der Waals surface area contributed by atoms with Crippen LogP contribution in [0.4, 0.5) is 5.69 Å². The predicted molar refractivity (Wildman–Crippen MR) is 83.5 cm³/mol. The van der Waals surface area contributed by atoms with Crippen LogP contribution in [0, 0.1) is 23.0 Å². The Kier molecular flexibility index (Phi) is 6.34. The lowest BCUT2D eigenvalue weighted by Crippen LogP contribution is -2.33. The standard InChI is InChI=1S/C16H24N2O3/c1-11(2)7-5-8-12(3)17-16(19)14-9-6-10-15(13(14)4)18(20)21/h6,9-12H,5,7-8H2,1-4H3,(H,17,19). The Bertz CT molecular complexity index is 512. The molecule has 0 aliphatic heterocycles. The molecule has 21 heavy (non-hydrogen) atoms. The van der Waals surface area contributed by atoms with Crippen molar-refractivity contribution in [3.8, 4) is 0 Å². The minimum atomic E-state index is -0.460. The molecule has 0 aliphatic carbocycles. The number of nitro groups is 1. The normalized spacial score (nSPS) is 12.2. The summed E-state index contributed by atoms with van der Waals surface area (Å²) in [5, 5.41) is 13.8. The fraction of sp³-hybridized carbons (Fsp3) is 0.562. The van der Waals surface area contributed by atoms with Gasteiger partial charge in [0.1, 0.15) is 0 Å². The summed E-state index contributed by atoms with van der Waals surface area (Å²) in [5.74, 6) is 0.417. The first-order chi connectivity index (χ1) is 9.82. The van der Waals surface area contributed by atoms with Crippen molar-refractivity contribution >= 4 is 11.6 Å². The lowest BCUT2D eigenvalue weighted by Gasteiger charge is -2.15. The van der Waals surface area contributed by atoms with E-state index in [2.05, 4.69) is 19.2 Å². The van der Waals surface area contributed by atoms with Gasteiger partial charge in [-0.2, -0.15) is 0 Å². The number of hydrogen-bond acceptors (Lipinski definition) is 3. The highest BCUT2D eigenvalue weighted by Crippen LogP contribution is 2.21. The maximum absolute atomic E-state index is 12.2. The van der Waals surface area contributed by atoms with E-state index in [1.54, 1.807) is 19.1 Å². The van der Waals surface area contributed by atoms with Gasteiger partial charge >= 0.3 is 0 Å². The molecule has 1 aromatic carbocycles. The average molecular weight is 292 g/mol. The monoisotopic (exact) mass is 292 g/mol. The van der Waals surface area contributed by atoms with Gasteiger partial charge in [-0.3, -0.25) is 14.9 Å². The highest BCUT2D eigenvalue weighted by molar-refractivity contribution is 5.96. The van der Waals surface area contributed by atoms with Crippen molar-refractivity contribution in [3.05, 3.63) is 39.4 Å². The van der Waals surface area contributed by atoms with Crippen LogP contribution in [0.1, 0.15) is 56.0 Å². The molecule has 0 spiro atoms. The maximum Gasteiger partial charge on any atom is 0.273 e. The molecule has 0 bridgehead atoms. The third-order valence-electron chi connectivity index (χ3n) is 3.54. The van der Waals surface area contributed by atoms with Gasteiger partial charge in [-0.1, -0.05) is 32.8 Å². The molecule has 0 saturated heterocycles. The smallest absolute Gasteiger partial charge is 0.273 e. The van der Waals surface area contributed by atoms with E-state index in [9.17, 15) is 14.9 Å². The van der Waals surface area contributed by atoms with Gasteiger partial charge in [0.25, 0.3) is 11.6 Å².